The van der Waals surface area contributed by atoms with E-state index in [0.29, 0.717) is 90.8 Å². The molecule has 8 aromatic rings. The maximum absolute atomic E-state index is 12.8. The summed E-state index contributed by atoms with van der Waals surface area (Å²) in [6.45, 7) is 2.82. The van der Waals surface area contributed by atoms with E-state index in [4.69, 9.17) is 23.7 Å². The van der Waals surface area contributed by atoms with Gasteiger partial charge in [0.1, 0.15) is 34.5 Å². The number of carbonyl (C=O) groups is 2. The number of anilines is 2. The van der Waals surface area contributed by atoms with Gasteiger partial charge in [-0.25, -0.2) is 19.6 Å². The van der Waals surface area contributed by atoms with Crippen molar-refractivity contribution in [2.45, 2.75) is 39.0 Å². The molecule has 0 radical (unpaired) electrons. The number of aromatic nitrogens is 4. The molecule has 4 aromatic heterocycles. The largest absolute Gasteiger partial charge is 0.497 e. The number of imidazole rings is 2. The Kier molecular flexibility index (Phi) is 15.3. The smallest absolute Gasteiger partial charge is 0.390 e. The molecule has 0 aliphatic carbocycles. The summed E-state index contributed by atoms with van der Waals surface area (Å²) in [5.74, 6) is 1.43. The lowest BCUT2D eigenvalue weighted by atomic mass is 10.0. The van der Waals surface area contributed by atoms with Crippen LogP contribution < -0.4 is 29.6 Å². The summed E-state index contributed by atoms with van der Waals surface area (Å²) < 4.78 is 107. The molecule has 71 heavy (non-hydrogen) atoms. The minimum absolute atomic E-state index is 0.180. The second-order valence-corrected chi connectivity index (χ2v) is 15.9. The van der Waals surface area contributed by atoms with E-state index in [-0.39, 0.29) is 18.7 Å². The molecule has 14 nitrogen and oxygen atoms in total. The molecule has 4 heterocycles. The number of carboxylic acids is 1. The van der Waals surface area contributed by atoms with Gasteiger partial charge in [-0.3, -0.25) is 8.80 Å². The van der Waals surface area contributed by atoms with E-state index < -0.39 is 37.1 Å². The highest BCUT2D eigenvalue weighted by atomic mass is 19.4. The van der Waals surface area contributed by atoms with E-state index in [1.165, 1.54) is 20.3 Å². The number of hydrogen-bond donors (Lipinski definition) is 3. The van der Waals surface area contributed by atoms with E-state index in [1.54, 1.807) is 139 Å². The summed E-state index contributed by atoms with van der Waals surface area (Å²) >= 11 is 0. The zero-order chi connectivity index (χ0) is 51.0. The van der Waals surface area contributed by atoms with Gasteiger partial charge in [0.05, 0.1) is 92.8 Å². The molecule has 8 rings (SSSR count). The van der Waals surface area contributed by atoms with Crippen LogP contribution >= 0.6 is 0 Å². The van der Waals surface area contributed by atoms with Crippen LogP contribution in [0.3, 0.4) is 0 Å². The van der Waals surface area contributed by atoms with Crippen molar-refractivity contribution >= 4 is 34.6 Å². The van der Waals surface area contributed by atoms with E-state index in [1.807, 2.05) is 6.07 Å². The van der Waals surface area contributed by atoms with Crippen LogP contribution in [0.5, 0.6) is 34.5 Å². The van der Waals surface area contributed by atoms with E-state index in [9.17, 15) is 41.0 Å². The lowest BCUT2D eigenvalue weighted by Crippen LogP contribution is -2.15. The van der Waals surface area contributed by atoms with Crippen molar-refractivity contribution in [2.75, 3.05) is 45.1 Å². The van der Waals surface area contributed by atoms with Crippen molar-refractivity contribution in [2.24, 2.45) is 0 Å². The Morgan fingerprint density at radius 3 is 1.38 bits per heavy atom. The Hall–Kier alpha value is -8.42. The highest BCUT2D eigenvalue weighted by Crippen LogP contribution is 2.35. The monoisotopic (exact) mass is 984 g/mol. The zero-order valence-corrected chi connectivity index (χ0v) is 38.7. The summed E-state index contributed by atoms with van der Waals surface area (Å²) in [6, 6.07) is 27.2. The number of hydrogen-bond acceptors (Lipinski definition) is 11. The average molecular weight is 985 g/mol. The molecule has 0 saturated carbocycles. The number of benzene rings is 4. The summed E-state index contributed by atoms with van der Waals surface area (Å²) in [5, 5.41) is 15.0. The predicted octanol–water partition coefficient (Wildman–Crippen LogP) is 12.4. The third-order valence-corrected chi connectivity index (χ3v) is 10.8. The molecule has 0 atom stereocenters. The fourth-order valence-corrected chi connectivity index (χ4v) is 7.43. The third-order valence-electron chi connectivity index (χ3n) is 10.8. The second-order valence-electron chi connectivity index (χ2n) is 15.9. The lowest BCUT2D eigenvalue weighted by molar-refractivity contribution is -0.132. The van der Waals surface area contributed by atoms with Gasteiger partial charge < -0.3 is 39.4 Å². The van der Waals surface area contributed by atoms with Crippen molar-refractivity contribution in [1.82, 2.24) is 18.8 Å². The number of esters is 1. The summed E-state index contributed by atoms with van der Waals surface area (Å²) in [7, 11) is 4.39. The van der Waals surface area contributed by atoms with Crippen LogP contribution in [0.4, 0.5) is 37.7 Å². The van der Waals surface area contributed by atoms with Gasteiger partial charge in [-0.15, -0.1) is 0 Å². The van der Waals surface area contributed by atoms with Crippen LogP contribution in [0.25, 0.3) is 33.8 Å². The van der Waals surface area contributed by atoms with Gasteiger partial charge in [0.15, 0.2) is 11.3 Å². The topological polar surface area (TPSA) is 159 Å². The number of rotatable bonds is 16. The number of carbonyl (C=O) groups excluding carboxylic acids is 1. The zero-order valence-electron chi connectivity index (χ0n) is 38.7. The number of ether oxygens (including phenoxy) is 5. The number of fused-ring (bicyclic) bond motifs is 2. The van der Waals surface area contributed by atoms with Crippen molar-refractivity contribution in [3.05, 3.63) is 144 Å². The average Bonchev–Trinajstić information content (AvgIpc) is 3.96. The summed E-state index contributed by atoms with van der Waals surface area (Å²) in [5.41, 5.74) is 6.21. The molecule has 20 heteroatoms. The van der Waals surface area contributed by atoms with Crippen LogP contribution in [-0.4, -0.2) is 82.6 Å². The number of carboxylic acid groups (broad SMARTS) is 1. The minimum atomic E-state index is -4.30. The van der Waals surface area contributed by atoms with Gasteiger partial charge in [0.25, 0.3) is 0 Å². The van der Waals surface area contributed by atoms with Crippen LogP contribution in [0.2, 0.25) is 0 Å². The molecule has 0 aliphatic heterocycles. The Bertz CT molecular complexity index is 3210. The molecule has 0 amide bonds. The standard InChI is InChI=1S/C26H24F3N3O4.C25H22F3N3O4/c1-16-11-17(7-8-21(16)25(33)35-3)23-14-31-24-22(30-10-9-26(27,28)29)13-20(15-32(23)24)36-19-6-4-5-18(12-19)34-2;1-15-10-16(6-7-20(15)24(32)33)22-13-30-23-21(29-9-8-25(26,27)28)12-19(14-31(22)23)35-18-5-3-4-17(11-18)34-2/h4-8,11-15,30H,9-10H2,1-3H3;3-7,10-14,29H,8-9H2,1-2H3,(H,32,33). The highest BCUT2D eigenvalue weighted by molar-refractivity contribution is 5.92. The number of aryl methyl sites for hydroxylation is 2. The normalized spacial score (nSPS) is 11.4. The van der Waals surface area contributed by atoms with Crippen LogP contribution in [-0.2, 0) is 4.74 Å². The van der Waals surface area contributed by atoms with E-state index in [2.05, 4.69) is 20.6 Å². The number of methoxy groups -OCH3 is 3. The van der Waals surface area contributed by atoms with Gasteiger partial charge in [0, 0.05) is 48.5 Å². The van der Waals surface area contributed by atoms with Crippen molar-refractivity contribution < 1.29 is 64.7 Å². The Balaban J connectivity index is 0.000000209. The number of halogens is 6. The minimum Gasteiger partial charge on any atom is -0.497 e. The van der Waals surface area contributed by atoms with Gasteiger partial charge in [-0.05, 0) is 73.5 Å². The van der Waals surface area contributed by atoms with Crippen molar-refractivity contribution in [1.29, 1.82) is 0 Å². The number of alkyl halides is 6. The Morgan fingerprint density at radius 2 is 1.00 bits per heavy atom. The van der Waals surface area contributed by atoms with Gasteiger partial charge in [0.2, 0.25) is 0 Å². The first kappa shape index (κ1) is 50.5. The Morgan fingerprint density at radius 1 is 0.577 bits per heavy atom. The molecule has 0 unspecified atom stereocenters. The van der Waals surface area contributed by atoms with Gasteiger partial charge in [-0.1, -0.05) is 24.3 Å². The lowest BCUT2D eigenvalue weighted by Gasteiger charge is -2.14. The maximum atomic E-state index is 12.8. The summed E-state index contributed by atoms with van der Waals surface area (Å²) in [4.78, 5) is 32.2. The van der Waals surface area contributed by atoms with Gasteiger partial charge in [-0.2, -0.15) is 26.3 Å². The van der Waals surface area contributed by atoms with Crippen molar-refractivity contribution in [3.63, 3.8) is 0 Å². The highest BCUT2D eigenvalue weighted by Gasteiger charge is 2.28. The number of aromatic carboxylic acids is 1. The number of nitrogens with zero attached hydrogens (tertiary/aromatic N) is 4. The van der Waals surface area contributed by atoms with Crippen LogP contribution in [0.15, 0.2) is 122 Å². The van der Waals surface area contributed by atoms with E-state index >= 15 is 0 Å². The van der Waals surface area contributed by atoms with Crippen molar-refractivity contribution in [3.8, 4) is 57.0 Å². The molecule has 0 spiro atoms. The molecular weight excluding hydrogens is 939 g/mol. The van der Waals surface area contributed by atoms with Crippen LogP contribution in [0, 0.1) is 13.8 Å². The molecule has 370 valence electrons. The molecule has 0 aliphatic rings. The first-order chi connectivity index (χ1) is 33.8. The summed E-state index contributed by atoms with van der Waals surface area (Å²) in [6.07, 6.45) is -4.03. The third kappa shape index (κ3) is 12.6. The molecule has 4 aromatic carbocycles. The van der Waals surface area contributed by atoms with E-state index in [0.717, 1.165) is 5.56 Å². The fourth-order valence-electron chi connectivity index (χ4n) is 7.43. The Labute approximate surface area is 402 Å². The molecule has 0 bridgehead atoms. The first-order valence-corrected chi connectivity index (χ1v) is 21.6. The maximum Gasteiger partial charge on any atom is 0.390 e. The fraction of sp³-hybridized carbons (Fsp3) is 0.216. The SMILES string of the molecule is COC(=O)c1ccc(-c2cnc3c(NCCC(F)(F)F)cc(Oc4cccc(OC)c4)cn23)cc1C.COc1cccc(Oc2cc(NCCC(F)(F)F)c3ncc(-c4ccc(C(=O)O)c(C)c4)n3c2)c1. The first-order valence-electron chi connectivity index (χ1n) is 21.6. The predicted molar refractivity (Wildman–Crippen MR) is 253 cm³/mol. The molecule has 0 fully saturated rings. The number of pyridine rings is 2. The van der Waals surface area contributed by atoms with Gasteiger partial charge >= 0.3 is 24.3 Å². The quantitative estimate of drug-likeness (QED) is 0.0622. The molecule has 0 saturated heterocycles. The van der Waals surface area contributed by atoms with Crippen LogP contribution in [0.1, 0.15) is 44.7 Å². The number of nitrogens with one attached hydrogen (secondary N) is 2. The molecular formula is C51H46F6N6O8. The second kappa shape index (κ2) is 21.5. The molecule has 3 N–H and O–H groups in total.